The standard InChI is InChI=1S/C17H18FN3O/c1-22-17-9-5-4-8-15(17)21-16(10-12(11-19)20-21)13-6-2-3-7-14(13)18/h2-9,16H,10-11,19H2,1H3. The Labute approximate surface area is 129 Å². The van der Waals surface area contributed by atoms with Gasteiger partial charge in [0.05, 0.1) is 18.9 Å². The van der Waals surface area contributed by atoms with E-state index in [1.54, 1.807) is 24.3 Å². The van der Waals surface area contributed by atoms with Gasteiger partial charge < -0.3 is 10.5 Å². The third-order valence-corrected chi connectivity index (χ3v) is 3.81. The van der Waals surface area contributed by atoms with Crippen molar-refractivity contribution < 1.29 is 9.13 Å². The van der Waals surface area contributed by atoms with Gasteiger partial charge in [-0.25, -0.2) is 4.39 Å². The highest BCUT2D eigenvalue weighted by Crippen LogP contribution is 2.40. The fourth-order valence-corrected chi connectivity index (χ4v) is 2.72. The van der Waals surface area contributed by atoms with Crippen molar-refractivity contribution in [1.29, 1.82) is 0 Å². The SMILES string of the molecule is COc1ccccc1N1N=C(CN)CC1c1ccccc1F. The second-order valence-electron chi connectivity index (χ2n) is 5.13. The summed E-state index contributed by atoms with van der Waals surface area (Å²) in [7, 11) is 1.61. The minimum Gasteiger partial charge on any atom is -0.495 e. The van der Waals surface area contributed by atoms with Crippen LogP contribution in [0.25, 0.3) is 0 Å². The number of anilines is 1. The Morgan fingerprint density at radius 1 is 1.23 bits per heavy atom. The van der Waals surface area contributed by atoms with Gasteiger partial charge in [-0.05, 0) is 18.2 Å². The van der Waals surface area contributed by atoms with Crippen molar-refractivity contribution in [3.63, 3.8) is 0 Å². The quantitative estimate of drug-likeness (QED) is 0.944. The predicted octanol–water partition coefficient (Wildman–Crippen LogP) is 3.10. The number of nitrogens with zero attached hydrogens (tertiary/aromatic N) is 2. The van der Waals surface area contributed by atoms with Crippen LogP contribution in [-0.4, -0.2) is 19.4 Å². The van der Waals surface area contributed by atoms with Crippen molar-refractivity contribution >= 4 is 11.4 Å². The molecule has 1 heterocycles. The van der Waals surface area contributed by atoms with Gasteiger partial charge in [-0.3, -0.25) is 5.01 Å². The molecule has 0 radical (unpaired) electrons. The smallest absolute Gasteiger partial charge is 0.144 e. The molecule has 1 aliphatic heterocycles. The fourth-order valence-electron chi connectivity index (χ4n) is 2.72. The van der Waals surface area contributed by atoms with E-state index in [4.69, 9.17) is 10.5 Å². The Hall–Kier alpha value is -2.40. The molecule has 0 fully saturated rings. The molecule has 114 valence electrons. The molecule has 4 nitrogen and oxygen atoms in total. The average molecular weight is 299 g/mol. The van der Waals surface area contributed by atoms with Crippen molar-refractivity contribution in [3.05, 3.63) is 59.9 Å². The molecule has 1 atom stereocenters. The summed E-state index contributed by atoms with van der Waals surface area (Å²) < 4.78 is 19.6. The van der Waals surface area contributed by atoms with E-state index in [0.717, 1.165) is 11.4 Å². The van der Waals surface area contributed by atoms with Crippen LogP contribution < -0.4 is 15.5 Å². The zero-order valence-electron chi connectivity index (χ0n) is 12.4. The van der Waals surface area contributed by atoms with Gasteiger partial charge in [-0.15, -0.1) is 0 Å². The van der Waals surface area contributed by atoms with Crippen LogP contribution in [0.5, 0.6) is 5.75 Å². The summed E-state index contributed by atoms with van der Waals surface area (Å²) in [5.74, 6) is 0.465. The molecule has 1 aliphatic rings. The molecule has 22 heavy (non-hydrogen) atoms. The van der Waals surface area contributed by atoms with Crippen LogP contribution in [0.2, 0.25) is 0 Å². The molecular formula is C17H18FN3O. The van der Waals surface area contributed by atoms with E-state index in [2.05, 4.69) is 5.10 Å². The van der Waals surface area contributed by atoms with E-state index in [0.29, 0.717) is 24.3 Å². The maximum absolute atomic E-state index is 14.2. The van der Waals surface area contributed by atoms with Crippen molar-refractivity contribution in [1.82, 2.24) is 0 Å². The van der Waals surface area contributed by atoms with Gasteiger partial charge in [0, 0.05) is 18.5 Å². The summed E-state index contributed by atoms with van der Waals surface area (Å²) in [6, 6.07) is 14.1. The molecule has 2 N–H and O–H groups in total. The maximum atomic E-state index is 14.2. The predicted molar refractivity (Wildman–Crippen MR) is 85.7 cm³/mol. The number of hydrogen-bond acceptors (Lipinski definition) is 4. The van der Waals surface area contributed by atoms with Crippen molar-refractivity contribution in [2.45, 2.75) is 12.5 Å². The van der Waals surface area contributed by atoms with Gasteiger partial charge in [-0.2, -0.15) is 5.10 Å². The monoisotopic (exact) mass is 299 g/mol. The first-order chi connectivity index (χ1) is 10.7. The summed E-state index contributed by atoms with van der Waals surface area (Å²) in [5.41, 5.74) is 8.01. The largest absolute Gasteiger partial charge is 0.495 e. The first-order valence-electron chi connectivity index (χ1n) is 7.17. The van der Waals surface area contributed by atoms with Crippen LogP contribution in [0.3, 0.4) is 0 Å². The van der Waals surface area contributed by atoms with Gasteiger partial charge in [0.25, 0.3) is 0 Å². The third kappa shape index (κ3) is 2.55. The normalized spacial score (nSPS) is 17.5. The Bertz CT molecular complexity index is 702. The minimum absolute atomic E-state index is 0.212. The van der Waals surface area contributed by atoms with Gasteiger partial charge in [0.1, 0.15) is 17.3 Å². The summed E-state index contributed by atoms with van der Waals surface area (Å²) in [5, 5.41) is 6.37. The Kier molecular flexibility index (Phi) is 4.06. The van der Waals surface area contributed by atoms with Gasteiger partial charge >= 0.3 is 0 Å². The lowest BCUT2D eigenvalue weighted by Crippen LogP contribution is -2.20. The van der Waals surface area contributed by atoms with Crippen molar-refractivity contribution in [2.24, 2.45) is 10.8 Å². The van der Waals surface area contributed by atoms with Crippen LogP contribution in [0.1, 0.15) is 18.0 Å². The lowest BCUT2D eigenvalue weighted by molar-refractivity contribution is 0.413. The number of methoxy groups -OCH3 is 1. The molecule has 3 rings (SSSR count). The molecule has 0 aromatic heterocycles. The third-order valence-electron chi connectivity index (χ3n) is 3.81. The molecule has 0 aliphatic carbocycles. The first kappa shape index (κ1) is 14.5. The van der Waals surface area contributed by atoms with E-state index in [1.165, 1.54) is 6.07 Å². The van der Waals surface area contributed by atoms with E-state index in [9.17, 15) is 4.39 Å². The zero-order valence-corrected chi connectivity index (χ0v) is 12.4. The number of hydrogen-bond donors (Lipinski definition) is 1. The molecule has 1 unspecified atom stereocenters. The van der Waals surface area contributed by atoms with Crippen LogP contribution in [0.4, 0.5) is 10.1 Å². The number of nitrogens with two attached hydrogens (primary N) is 1. The van der Waals surface area contributed by atoms with Crippen molar-refractivity contribution in [2.75, 3.05) is 18.7 Å². The van der Waals surface area contributed by atoms with E-state index < -0.39 is 0 Å². The van der Waals surface area contributed by atoms with Crippen LogP contribution in [0, 0.1) is 5.82 Å². The molecular weight excluding hydrogens is 281 g/mol. The highest BCUT2D eigenvalue weighted by molar-refractivity contribution is 5.90. The molecule has 2 aromatic carbocycles. The van der Waals surface area contributed by atoms with Gasteiger partial charge in [0.15, 0.2) is 0 Å². The molecule has 0 spiro atoms. The zero-order chi connectivity index (χ0) is 15.5. The lowest BCUT2D eigenvalue weighted by atomic mass is 10.0. The second-order valence-corrected chi connectivity index (χ2v) is 5.13. The molecule has 0 bridgehead atoms. The molecule has 0 saturated heterocycles. The number of benzene rings is 2. The number of halogens is 1. The first-order valence-corrected chi connectivity index (χ1v) is 7.17. The van der Waals surface area contributed by atoms with Crippen LogP contribution in [0.15, 0.2) is 53.6 Å². The highest BCUT2D eigenvalue weighted by Gasteiger charge is 2.31. The molecule has 5 heteroatoms. The molecule has 0 saturated carbocycles. The Morgan fingerprint density at radius 2 is 1.95 bits per heavy atom. The Morgan fingerprint density at radius 3 is 2.68 bits per heavy atom. The average Bonchev–Trinajstić information content (AvgIpc) is 2.99. The van der Waals surface area contributed by atoms with Crippen molar-refractivity contribution in [3.8, 4) is 5.75 Å². The molecule has 2 aromatic rings. The van der Waals surface area contributed by atoms with E-state index >= 15 is 0 Å². The summed E-state index contributed by atoms with van der Waals surface area (Å²) in [6.07, 6.45) is 0.607. The Balaban J connectivity index is 2.06. The lowest BCUT2D eigenvalue weighted by Gasteiger charge is -2.25. The maximum Gasteiger partial charge on any atom is 0.144 e. The second kappa shape index (κ2) is 6.15. The number of ether oxygens (including phenoxy) is 1. The van der Waals surface area contributed by atoms with Gasteiger partial charge in [-0.1, -0.05) is 30.3 Å². The summed E-state index contributed by atoms with van der Waals surface area (Å²) in [6.45, 7) is 0.358. The van der Waals surface area contributed by atoms with Gasteiger partial charge in [0.2, 0.25) is 0 Å². The minimum atomic E-state index is -0.235. The number of hydrazone groups is 1. The number of rotatable bonds is 4. The van der Waals surface area contributed by atoms with Crippen LogP contribution >= 0.6 is 0 Å². The van der Waals surface area contributed by atoms with E-state index in [1.807, 2.05) is 30.3 Å². The number of para-hydroxylation sites is 2. The fraction of sp³-hybridized carbons (Fsp3) is 0.235. The topological polar surface area (TPSA) is 50.8 Å². The van der Waals surface area contributed by atoms with E-state index in [-0.39, 0.29) is 11.9 Å². The molecule has 0 amide bonds. The highest BCUT2D eigenvalue weighted by atomic mass is 19.1. The summed E-state index contributed by atoms with van der Waals surface area (Å²) in [4.78, 5) is 0. The van der Waals surface area contributed by atoms with Crippen LogP contribution in [-0.2, 0) is 0 Å². The summed E-state index contributed by atoms with van der Waals surface area (Å²) >= 11 is 0.